The molecule has 0 aliphatic carbocycles. The average molecular weight is 360 g/mol. The Kier molecular flexibility index (Phi) is 5.43. The first-order chi connectivity index (χ1) is 12.3. The lowest BCUT2D eigenvalue weighted by Gasteiger charge is -2.05. The fourth-order valence-electron chi connectivity index (χ4n) is 1.97. The summed E-state index contributed by atoms with van der Waals surface area (Å²) >= 11 is 0. The third-order valence-electron chi connectivity index (χ3n) is 3.19. The molecule has 0 fully saturated rings. The number of hydrogen-bond donors (Lipinski definition) is 2. The molecule has 0 saturated heterocycles. The van der Waals surface area contributed by atoms with Gasteiger partial charge >= 0.3 is 5.69 Å². The van der Waals surface area contributed by atoms with Crippen LogP contribution in [0.3, 0.4) is 0 Å². The van der Waals surface area contributed by atoms with Crippen LogP contribution in [0, 0.1) is 20.2 Å². The summed E-state index contributed by atoms with van der Waals surface area (Å²) in [5, 5.41) is 34.9. The van der Waals surface area contributed by atoms with Crippen LogP contribution < -0.4 is 10.2 Å². The molecule has 0 radical (unpaired) electrons. The highest BCUT2D eigenvalue weighted by Crippen LogP contribution is 2.36. The van der Waals surface area contributed by atoms with Crippen molar-refractivity contribution in [3.63, 3.8) is 0 Å². The fraction of sp³-hybridized carbons (Fsp3) is 0.0667. The Balaban J connectivity index is 2.19. The van der Waals surface area contributed by atoms with Crippen molar-refractivity contribution in [2.75, 3.05) is 7.11 Å². The van der Waals surface area contributed by atoms with Crippen LogP contribution in [0.4, 0.5) is 11.4 Å². The molecule has 2 rings (SSSR count). The lowest BCUT2D eigenvalue weighted by Crippen LogP contribution is -2.17. The zero-order chi connectivity index (χ0) is 19.3. The summed E-state index contributed by atoms with van der Waals surface area (Å²) in [5.74, 6) is -1.47. The van der Waals surface area contributed by atoms with Crippen molar-refractivity contribution in [1.82, 2.24) is 5.43 Å². The summed E-state index contributed by atoms with van der Waals surface area (Å²) in [4.78, 5) is 32.1. The summed E-state index contributed by atoms with van der Waals surface area (Å²) in [6.45, 7) is 0. The molecule has 0 unspecified atom stereocenters. The second-order valence-corrected chi connectivity index (χ2v) is 4.85. The van der Waals surface area contributed by atoms with E-state index < -0.39 is 27.2 Å². The molecule has 0 aliphatic heterocycles. The van der Waals surface area contributed by atoms with Gasteiger partial charge in [-0.3, -0.25) is 25.0 Å². The molecule has 1 amide bonds. The minimum Gasteiger partial charge on any atom is -0.500 e. The second-order valence-electron chi connectivity index (χ2n) is 4.85. The number of nitro groups is 2. The van der Waals surface area contributed by atoms with Gasteiger partial charge in [-0.2, -0.15) is 5.10 Å². The number of benzene rings is 2. The molecule has 26 heavy (non-hydrogen) atoms. The minimum atomic E-state index is -0.795. The first kappa shape index (κ1) is 18.3. The molecule has 0 saturated carbocycles. The van der Waals surface area contributed by atoms with Crippen LogP contribution >= 0.6 is 0 Å². The van der Waals surface area contributed by atoms with Gasteiger partial charge in [-0.05, 0) is 12.1 Å². The number of aromatic hydroxyl groups is 1. The van der Waals surface area contributed by atoms with Crippen LogP contribution in [0.5, 0.6) is 11.5 Å². The van der Waals surface area contributed by atoms with Crippen molar-refractivity contribution < 1.29 is 24.5 Å². The van der Waals surface area contributed by atoms with Crippen LogP contribution in [0.25, 0.3) is 0 Å². The Morgan fingerprint density at radius 1 is 1.23 bits per heavy atom. The molecule has 2 aromatic rings. The highest BCUT2D eigenvalue weighted by atomic mass is 16.6. The van der Waals surface area contributed by atoms with Gasteiger partial charge in [-0.15, -0.1) is 0 Å². The Hall–Kier alpha value is -4.02. The van der Waals surface area contributed by atoms with Gasteiger partial charge in [0.1, 0.15) is 0 Å². The molecular formula is C15H12N4O7. The van der Waals surface area contributed by atoms with Gasteiger partial charge in [0.15, 0.2) is 5.75 Å². The largest absolute Gasteiger partial charge is 0.500 e. The molecule has 11 heteroatoms. The lowest BCUT2D eigenvalue weighted by atomic mass is 10.2. The van der Waals surface area contributed by atoms with Crippen molar-refractivity contribution in [1.29, 1.82) is 0 Å². The maximum absolute atomic E-state index is 11.9. The smallest absolute Gasteiger partial charge is 0.315 e. The van der Waals surface area contributed by atoms with Crippen LogP contribution in [0.15, 0.2) is 41.5 Å². The number of hydrogen-bond acceptors (Lipinski definition) is 8. The van der Waals surface area contributed by atoms with Gasteiger partial charge in [0.05, 0.1) is 23.2 Å². The van der Waals surface area contributed by atoms with Gasteiger partial charge in [-0.25, -0.2) is 5.43 Å². The zero-order valence-electron chi connectivity index (χ0n) is 13.3. The third kappa shape index (κ3) is 4.08. The molecule has 0 heterocycles. The number of nitrogens with one attached hydrogen (secondary N) is 1. The molecule has 0 spiro atoms. The number of nitro benzene ring substituents is 2. The molecule has 0 atom stereocenters. The van der Waals surface area contributed by atoms with Crippen molar-refractivity contribution in [2.24, 2.45) is 5.10 Å². The van der Waals surface area contributed by atoms with E-state index in [1.54, 1.807) is 0 Å². The van der Waals surface area contributed by atoms with Gasteiger partial charge in [-0.1, -0.05) is 6.07 Å². The molecule has 2 aromatic carbocycles. The number of amides is 1. The number of hydrazone groups is 1. The maximum Gasteiger partial charge on any atom is 0.315 e. The van der Waals surface area contributed by atoms with Crippen LogP contribution in [0.1, 0.15) is 15.9 Å². The Bertz CT molecular complexity index is 911. The number of methoxy groups -OCH3 is 1. The van der Waals surface area contributed by atoms with E-state index >= 15 is 0 Å². The number of non-ortho nitro benzene ring substituents is 1. The average Bonchev–Trinajstić information content (AvgIpc) is 2.62. The number of ether oxygens (including phenoxy) is 1. The zero-order valence-corrected chi connectivity index (χ0v) is 13.3. The maximum atomic E-state index is 11.9. The SMILES string of the molecule is COc1cc(/C=N/NC(=O)c2cccc([N+](=O)[O-])c2)cc([N+](=O)[O-])c1O. The summed E-state index contributed by atoms with van der Waals surface area (Å²) in [5.41, 5.74) is 1.52. The first-order valence-corrected chi connectivity index (χ1v) is 6.96. The predicted molar refractivity (Wildman–Crippen MR) is 89.5 cm³/mol. The lowest BCUT2D eigenvalue weighted by molar-refractivity contribution is -0.386. The summed E-state index contributed by atoms with van der Waals surface area (Å²) in [7, 11) is 1.23. The van der Waals surface area contributed by atoms with Crippen LogP contribution in [-0.4, -0.2) is 34.2 Å². The van der Waals surface area contributed by atoms with Crippen molar-refractivity contribution in [3.8, 4) is 11.5 Å². The second kappa shape index (κ2) is 7.70. The van der Waals surface area contributed by atoms with E-state index in [2.05, 4.69) is 10.5 Å². The summed E-state index contributed by atoms with van der Waals surface area (Å²) in [6, 6.07) is 7.37. The van der Waals surface area contributed by atoms with Gasteiger partial charge in [0, 0.05) is 29.3 Å². The summed E-state index contributed by atoms with van der Waals surface area (Å²) < 4.78 is 4.84. The summed E-state index contributed by atoms with van der Waals surface area (Å²) in [6.07, 6.45) is 1.10. The first-order valence-electron chi connectivity index (χ1n) is 6.96. The van der Waals surface area contributed by atoms with Gasteiger partial charge in [0.2, 0.25) is 5.75 Å². The number of carbonyl (C=O) groups is 1. The van der Waals surface area contributed by atoms with Crippen molar-refractivity contribution in [2.45, 2.75) is 0 Å². The number of rotatable bonds is 6. The highest BCUT2D eigenvalue weighted by molar-refractivity contribution is 5.95. The molecular weight excluding hydrogens is 348 g/mol. The van der Waals surface area contributed by atoms with E-state index in [9.17, 15) is 30.1 Å². The van der Waals surface area contributed by atoms with E-state index in [-0.39, 0.29) is 22.6 Å². The minimum absolute atomic E-state index is 0.0191. The van der Waals surface area contributed by atoms with Crippen molar-refractivity contribution >= 4 is 23.5 Å². The van der Waals surface area contributed by atoms with Crippen LogP contribution in [0.2, 0.25) is 0 Å². The number of phenolic OH excluding ortho intramolecular Hbond substituents is 1. The normalized spacial score (nSPS) is 10.5. The van der Waals surface area contributed by atoms with Crippen molar-refractivity contribution in [3.05, 3.63) is 67.8 Å². The molecule has 0 aliphatic rings. The van der Waals surface area contributed by atoms with E-state index in [4.69, 9.17) is 4.74 Å². The van der Waals surface area contributed by atoms with E-state index in [0.717, 1.165) is 18.3 Å². The van der Waals surface area contributed by atoms with Crippen LogP contribution in [-0.2, 0) is 0 Å². The number of phenols is 1. The molecule has 11 nitrogen and oxygen atoms in total. The molecule has 0 bridgehead atoms. The van der Waals surface area contributed by atoms with E-state index in [0.29, 0.717) is 0 Å². The topological polar surface area (TPSA) is 157 Å². The molecule has 0 aromatic heterocycles. The molecule has 2 N–H and O–H groups in total. The third-order valence-corrected chi connectivity index (χ3v) is 3.19. The Morgan fingerprint density at radius 2 is 1.96 bits per heavy atom. The highest BCUT2D eigenvalue weighted by Gasteiger charge is 2.19. The predicted octanol–water partition coefficient (Wildman–Crippen LogP) is 1.98. The van der Waals surface area contributed by atoms with Gasteiger partial charge < -0.3 is 9.84 Å². The quantitative estimate of drug-likeness (QED) is 0.453. The van der Waals surface area contributed by atoms with E-state index in [1.807, 2.05) is 0 Å². The Labute approximate surface area is 145 Å². The standard InChI is InChI=1S/C15H12N4O7/c1-26-13-6-9(5-12(14(13)20)19(24)25)8-16-17-15(21)10-3-2-4-11(7-10)18(22)23/h2-8,20H,1H3,(H,17,21)/b16-8+. The Morgan fingerprint density at radius 3 is 2.58 bits per heavy atom. The monoisotopic (exact) mass is 360 g/mol. The van der Waals surface area contributed by atoms with Gasteiger partial charge in [0.25, 0.3) is 11.6 Å². The number of carbonyl (C=O) groups excluding carboxylic acids is 1. The molecule has 134 valence electrons. The van der Waals surface area contributed by atoms with E-state index in [1.165, 1.54) is 31.4 Å². The number of nitrogens with zero attached hydrogens (tertiary/aromatic N) is 3. The fourth-order valence-corrected chi connectivity index (χ4v) is 1.97.